The van der Waals surface area contributed by atoms with Crippen LogP contribution >= 0.6 is 35.6 Å². The number of fused-ring (bicyclic) bond motifs is 1. The number of aliphatic imine (C=N–C) groups is 1. The van der Waals surface area contributed by atoms with Gasteiger partial charge in [0.15, 0.2) is 17.5 Å². The molecule has 7 nitrogen and oxygen atoms in total. The largest absolute Gasteiger partial charge is 0.490 e. The lowest BCUT2D eigenvalue weighted by atomic mass is 10.1. The number of guanidine groups is 1. The molecule has 2 aliphatic rings. The van der Waals surface area contributed by atoms with Crippen molar-refractivity contribution < 1.29 is 14.3 Å². The van der Waals surface area contributed by atoms with Crippen LogP contribution in [-0.4, -0.2) is 44.2 Å². The van der Waals surface area contributed by atoms with Crippen LogP contribution in [0.25, 0.3) is 0 Å². The van der Waals surface area contributed by atoms with E-state index in [4.69, 9.17) is 21.1 Å². The van der Waals surface area contributed by atoms with Gasteiger partial charge in [0, 0.05) is 35.8 Å². The topological polar surface area (TPSA) is 84.0 Å². The predicted octanol–water partition coefficient (Wildman–Crippen LogP) is 4.00. The SMILES string of the molecule is I.O=C(CN=C(NCCc1cccc(Cl)c1)Nc1ccc2c(c1)OCCCO2)NC1CC1. The summed E-state index contributed by atoms with van der Waals surface area (Å²) in [6, 6.07) is 13.8. The second kappa shape index (κ2) is 12.2. The average molecular weight is 571 g/mol. The lowest BCUT2D eigenvalue weighted by Crippen LogP contribution is -2.35. The van der Waals surface area contributed by atoms with Gasteiger partial charge < -0.3 is 25.4 Å². The molecule has 9 heteroatoms. The number of amides is 1. The molecule has 0 bridgehead atoms. The minimum atomic E-state index is -0.0721. The Morgan fingerprint density at radius 2 is 1.91 bits per heavy atom. The Kier molecular flexibility index (Phi) is 9.28. The zero-order chi connectivity index (χ0) is 21.5. The number of carbonyl (C=O) groups excluding carboxylic acids is 1. The van der Waals surface area contributed by atoms with Gasteiger partial charge in [-0.05, 0) is 49.1 Å². The molecule has 0 saturated heterocycles. The molecule has 3 N–H and O–H groups in total. The van der Waals surface area contributed by atoms with Gasteiger partial charge in [-0.15, -0.1) is 24.0 Å². The van der Waals surface area contributed by atoms with Crippen LogP contribution in [0.5, 0.6) is 11.5 Å². The highest BCUT2D eigenvalue weighted by Crippen LogP contribution is 2.32. The molecule has 1 aliphatic heterocycles. The van der Waals surface area contributed by atoms with Crippen LogP contribution in [0.2, 0.25) is 5.02 Å². The van der Waals surface area contributed by atoms with Gasteiger partial charge in [-0.1, -0.05) is 23.7 Å². The van der Waals surface area contributed by atoms with E-state index in [1.807, 2.05) is 42.5 Å². The van der Waals surface area contributed by atoms with Crippen LogP contribution < -0.4 is 25.4 Å². The van der Waals surface area contributed by atoms with Crippen molar-refractivity contribution in [1.29, 1.82) is 0 Å². The second-order valence-electron chi connectivity index (χ2n) is 7.65. The van der Waals surface area contributed by atoms with Crippen molar-refractivity contribution in [3.63, 3.8) is 0 Å². The summed E-state index contributed by atoms with van der Waals surface area (Å²) >= 11 is 6.07. The van der Waals surface area contributed by atoms with Gasteiger partial charge in [0.2, 0.25) is 5.91 Å². The number of hydrogen-bond acceptors (Lipinski definition) is 4. The lowest BCUT2D eigenvalue weighted by Gasteiger charge is -2.15. The smallest absolute Gasteiger partial charge is 0.242 e. The van der Waals surface area contributed by atoms with Crippen LogP contribution in [0.15, 0.2) is 47.5 Å². The van der Waals surface area contributed by atoms with E-state index >= 15 is 0 Å². The number of hydrogen-bond donors (Lipinski definition) is 3. The predicted molar refractivity (Wildman–Crippen MR) is 138 cm³/mol. The third-order valence-corrected chi connectivity index (χ3v) is 5.16. The summed E-state index contributed by atoms with van der Waals surface area (Å²) in [6.45, 7) is 1.97. The van der Waals surface area contributed by atoms with Crippen molar-refractivity contribution in [1.82, 2.24) is 10.6 Å². The summed E-state index contributed by atoms with van der Waals surface area (Å²) in [5.74, 6) is 1.89. The molecule has 172 valence electrons. The Balaban J connectivity index is 0.00000289. The molecule has 0 aromatic heterocycles. The molecular weight excluding hydrogens is 543 g/mol. The highest BCUT2D eigenvalue weighted by Gasteiger charge is 2.22. The third kappa shape index (κ3) is 7.74. The number of nitrogens with one attached hydrogen (secondary N) is 3. The van der Waals surface area contributed by atoms with E-state index in [0.717, 1.165) is 42.7 Å². The summed E-state index contributed by atoms with van der Waals surface area (Å²) in [4.78, 5) is 16.6. The van der Waals surface area contributed by atoms with Crippen LogP contribution in [-0.2, 0) is 11.2 Å². The van der Waals surface area contributed by atoms with E-state index < -0.39 is 0 Å². The number of carbonyl (C=O) groups is 1. The first-order valence-corrected chi connectivity index (χ1v) is 11.0. The van der Waals surface area contributed by atoms with E-state index in [0.29, 0.717) is 42.5 Å². The maximum absolute atomic E-state index is 12.1. The molecule has 1 heterocycles. The Hall–Kier alpha value is -2.20. The first-order chi connectivity index (χ1) is 15.2. The van der Waals surface area contributed by atoms with E-state index in [2.05, 4.69) is 20.9 Å². The molecule has 1 aliphatic carbocycles. The number of anilines is 1. The van der Waals surface area contributed by atoms with Gasteiger partial charge in [0.1, 0.15) is 6.54 Å². The number of ether oxygens (including phenoxy) is 2. The molecule has 1 fully saturated rings. The van der Waals surface area contributed by atoms with E-state index in [-0.39, 0.29) is 36.4 Å². The quantitative estimate of drug-likeness (QED) is 0.266. The third-order valence-electron chi connectivity index (χ3n) is 4.93. The lowest BCUT2D eigenvalue weighted by molar-refractivity contribution is -0.119. The van der Waals surface area contributed by atoms with Gasteiger partial charge in [-0.25, -0.2) is 4.99 Å². The molecule has 1 saturated carbocycles. The fraction of sp³-hybridized carbons (Fsp3) is 0.391. The molecule has 0 spiro atoms. The first-order valence-electron chi connectivity index (χ1n) is 10.6. The van der Waals surface area contributed by atoms with Gasteiger partial charge in [-0.2, -0.15) is 0 Å². The molecule has 1 amide bonds. The molecule has 4 rings (SSSR count). The van der Waals surface area contributed by atoms with E-state index in [1.165, 1.54) is 0 Å². The summed E-state index contributed by atoms with van der Waals surface area (Å²) in [5.41, 5.74) is 1.93. The zero-order valence-corrected chi connectivity index (χ0v) is 20.8. The van der Waals surface area contributed by atoms with Crippen LogP contribution in [0.4, 0.5) is 5.69 Å². The monoisotopic (exact) mass is 570 g/mol. The molecule has 0 radical (unpaired) electrons. The standard InChI is InChI=1S/C23H27ClN4O3.HI/c24-17-4-1-3-16(13-17)9-10-25-23(26-15-22(29)27-18-5-6-18)28-19-7-8-20-21(14-19)31-12-2-11-30-20;/h1,3-4,7-8,13-14,18H,2,5-6,9-12,15H2,(H,27,29)(H2,25,26,28);1H. The summed E-state index contributed by atoms with van der Waals surface area (Å²) in [6.07, 6.45) is 3.73. The Labute approximate surface area is 210 Å². The minimum absolute atomic E-state index is 0. The molecule has 2 aromatic carbocycles. The number of benzene rings is 2. The van der Waals surface area contributed by atoms with Crippen LogP contribution in [0.1, 0.15) is 24.8 Å². The summed E-state index contributed by atoms with van der Waals surface area (Å²) in [7, 11) is 0. The van der Waals surface area contributed by atoms with Crippen molar-refractivity contribution in [2.24, 2.45) is 4.99 Å². The van der Waals surface area contributed by atoms with Crippen molar-refractivity contribution in [3.05, 3.63) is 53.1 Å². The molecule has 0 unspecified atom stereocenters. The highest BCUT2D eigenvalue weighted by atomic mass is 127. The Morgan fingerprint density at radius 1 is 1.09 bits per heavy atom. The van der Waals surface area contributed by atoms with Gasteiger partial charge in [0.05, 0.1) is 13.2 Å². The minimum Gasteiger partial charge on any atom is -0.490 e. The van der Waals surface area contributed by atoms with Gasteiger partial charge in [0.25, 0.3) is 0 Å². The second-order valence-corrected chi connectivity index (χ2v) is 8.09. The zero-order valence-electron chi connectivity index (χ0n) is 17.7. The normalized spacial score (nSPS) is 15.2. The molecule has 0 atom stereocenters. The molecular formula is C23H28ClIN4O3. The average Bonchev–Trinajstić information content (AvgIpc) is 3.58. The van der Waals surface area contributed by atoms with Crippen molar-refractivity contribution in [2.45, 2.75) is 31.7 Å². The summed E-state index contributed by atoms with van der Waals surface area (Å²) in [5, 5.41) is 10.2. The number of halogens is 2. The van der Waals surface area contributed by atoms with E-state index in [9.17, 15) is 4.79 Å². The van der Waals surface area contributed by atoms with Crippen molar-refractivity contribution in [2.75, 3.05) is 31.6 Å². The van der Waals surface area contributed by atoms with Crippen molar-refractivity contribution >= 4 is 53.1 Å². The van der Waals surface area contributed by atoms with Crippen LogP contribution in [0, 0.1) is 0 Å². The van der Waals surface area contributed by atoms with Crippen LogP contribution in [0.3, 0.4) is 0 Å². The Bertz CT molecular complexity index is 953. The maximum atomic E-state index is 12.1. The fourth-order valence-corrected chi connectivity index (χ4v) is 3.40. The van der Waals surface area contributed by atoms with Gasteiger partial charge >= 0.3 is 0 Å². The maximum Gasteiger partial charge on any atom is 0.242 e. The molecule has 32 heavy (non-hydrogen) atoms. The Morgan fingerprint density at radius 3 is 2.69 bits per heavy atom. The highest BCUT2D eigenvalue weighted by molar-refractivity contribution is 14.0. The first kappa shape index (κ1) is 24.4. The number of nitrogens with zero attached hydrogens (tertiary/aromatic N) is 1. The van der Waals surface area contributed by atoms with E-state index in [1.54, 1.807) is 0 Å². The fourth-order valence-electron chi connectivity index (χ4n) is 3.19. The molecule has 2 aromatic rings. The van der Waals surface area contributed by atoms with Gasteiger partial charge in [-0.3, -0.25) is 4.79 Å². The number of rotatable bonds is 7. The van der Waals surface area contributed by atoms with Crippen molar-refractivity contribution in [3.8, 4) is 11.5 Å². The summed E-state index contributed by atoms with van der Waals surface area (Å²) < 4.78 is 11.5.